The first kappa shape index (κ1) is 34.2. The number of rotatable bonds is 6. The lowest BCUT2D eigenvalue weighted by atomic mass is 9.68. The van der Waals surface area contributed by atoms with E-state index in [-0.39, 0.29) is 0 Å². The Labute approximate surface area is 342 Å². The van der Waals surface area contributed by atoms with Crippen molar-refractivity contribution >= 4 is 0 Å². The summed E-state index contributed by atoms with van der Waals surface area (Å²) in [7, 11) is 0. The number of hydrogen-bond donors (Lipinski definition) is 0. The van der Waals surface area contributed by atoms with Gasteiger partial charge in [0.15, 0.2) is 28.8 Å². The van der Waals surface area contributed by atoms with Crippen molar-refractivity contribution in [2.45, 2.75) is 5.41 Å². The summed E-state index contributed by atoms with van der Waals surface area (Å²) in [5, 5.41) is 9.53. The molecular formula is C54H33N3O2. The van der Waals surface area contributed by atoms with Gasteiger partial charge < -0.3 is 9.47 Å². The average Bonchev–Trinajstić information content (AvgIpc) is 3.63. The summed E-state index contributed by atoms with van der Waals surface area (Å²) in [6, 6.07) is 70.6. The lowest BCUT2D eigenvalue weighted by Crippen LogP contribution is -2.28. The molecule has 1 aliphatic carbocycles. The van der Waals surface area contributed by atoms with Crippen LogP contribution in [-0.2, 0) is 5.41 Å². The van der Waals surface area contributed by atoms with Gasteiger partial charge in [0.25, 0.3) is 0 Å². The Kier molecular flexibility index (Phi) is 8.02. The van der Waals surface area contributed by atoms with E-state index in [9.17, 15) is 5.26 Å². The lowest BCUT2D eigenvalue weighted by molar-refractivity contribution is 0.360. The number of benzene rings is 8. The van der Waals surface area contributed by atoms with Gasteiger partial charge in [-0.25, -0.2) is 9.97 Å². The first-order valence-corrected chi connectivity index (χ1v) is 19.6. The van der Waals surface area contributed by atoms with Gasteiger partial charge >= 0.3 is 0 Å². The molecule has 0 bridgehead atoms. The van der Waals surface area contributed by atoms with Crippen LogP contribution in [0.4, 0.5) is 0 Å². The number of hydrogen-bond acceptors (Lipinski definition) is 5. The Balaban J connectivity index is 1.02. The van der Waals surface area contributed by atoms with E-state index in [4.69, 9.17) is 19.4 Å². The summed E-state index contributed by atoms with van der Waals surface area (Å²) in [5.74, 6) is 3.13. The van der Waals surface area contributed by atoms with Gasteiger partial charge in [-0.05, 0) is 87.5 Å². The van der Waals surface area contributed by atoms with E-state index >= 15 is 0 Å². The van der Waals surface area contributed by atoms with Crippen LogP contribution >= 0.6 is 0 Å². The van der Waals surface area contributed by atoms with E-state index < -0.39 is 5.41 Å². The molecular weight excluding hydrogens is 723 g/mol. The molecule has 0 radical (unpaired) electrons. The molecule has 1 aliphatic heterocycles. The van der Waals surface area contributed by atoms with Crippen molar-refractivity contribution in [3.8, 4) is 85.2 Å². The summed E-state index contributed by atoms with van der Waals surface area (Å²) in [5.41, 5.74) is 13.2. The van der Waals surface area contributed by atoms with Crippen molar-refractivity contribution in [3.05, 3.63) is 228 Å². The lowest BCUT2D eigenvalue weighted by Gasteiger charge is -2.34. The van der Waals surface area contributed by atoms with Crippen molar-refractivity contribution in [2.24, 2.45) is 0 Å². The smallest absolute Gasteiger partial charge is 0.178 e. The summed E-state index contributed by atoms with van der Waals surface area (Å²) in [4.78, 5) is 10.2. The van der Waals surface area contributed by atoms with E-state index in [0.29, 0.717) is 34.4 Å². The molecule has 276 valence electrons. The van der Waals surface area contributed by atoms with Crippen LogP contribution in [0.25, 0.3) is 56.2 Å². The van der Waals surface area contributed by atoms with E-state index in [2.05, 4.69) is 127 Å². The maximum Gasteiger partial charge on any atom is 0.178 e. The zero-order valence-electron chi connectivity index (χ0n) is 31.7. The minimum Gasteiger partial charge on any atom is -0.449 e. The predicted octanol–water partition coefficient (Wildman–Crippen LogP) is 13.3. The van der Waals surface area contributed by atoms with Gasteiger partial charge in [-0.15, -0.1) is 0 Å². The summed E-state index contributed by atoms with van der Waals surface area (Å²) in [6.45, 7) is 0. The normalized spacial score (nSPS) is 12.8. The van der Waals surface area contributed by atoms with E-state index in [1.807, 2.05) is 78.9 Å². The summed E-state index contributed by atoms with van der Waals surface area (Å²) < 4.78 is 13.7. The Hall–Kier alpha value is -8.07. The Bertz CT molecular complexity index is 3080. The van der Waals surface area contributed by atoms with Crippen LogP contribution in [0.15, 0.2) is 200 Å². The molecule has 5 heteroatoms. The molecule has 0 spiro atoms. The van der Waals surface area contributed by atoms with Crippen molar-refractivity contribution in [3.63, 3.8) is 0 Å². The molecule has 0 unspecified atom stereocenters. The fraction of sp³-hybridized carbons (Fsp3) is 0.0185. The van der Waals surface area contributed by atoms with Crippen molar-refractivity contribution in [1.29, 1.82) is 5.26 Å². The number of nitrogens with zero attached hydrogens (tertiary/aromatic N) is 3. The van der Waals surface area contributed by atoms with Crippen molar-refractivity contribution in [1.82, 2.24) is 9.97 Å². The molecule has 0 N–H and O–H groups in total. The number of fused-ring (bicyclic) bond motifs is 6. The third-order valence-corrected chi connectivity index (χ3v) is 11.5. The third-order valence-electron chi connectivity index (χ3n) is 11.5. The van der Waals surface area contributed by atoms with Crippen LogP contribution in [0.5, 0.6) is 23.0 Å². The van der Waals surface area contributed by atoms with Crippen LogP contribution in [-0.4, -0.2) is 9.97 Å². The van der Waals surface area contributed by atoms with Crippen LogP contribution < -0.4 is 9.47 Å². The summed E-state index contributed by atoms with van der Waals surface area (Å²) in [6.07, 6.45) is 0. The number of nitriles is 1. The predicted molar refractivity (Wildman–Crippen MR) is 232 cm³/mol. The average molecular weight is 756 g/mol. The quantitative estimate of drug-likeness (QED) is 0.169. The highest BCUT2D eigenvalue weighted by Crippen LogP contribution is 2.62. The molecule has 5 nitrogen and oxygen atoms in total. The zero-order chi connectivity index (χ0) is 39.3. The van der Waals surface area contributed by atoms with Crippen molar-refractivity contribution < 1.29 is 9.47 Å². The standard InChI is InChI=1S/C54H33N3O2/c55-34-35-14-12-17-37(30-35)38-18-13-19-39(31-38)47-33-46(36-15-4-1-5-16-36)56-53(57-47)40-26-28-48-50(32-40)58-49-29-27-45-51(52(49)59-48)43-24-10-11-25-44(43)54(45,41-20-6-2-7-21-41)42-22-8-3-9-23-42/h1-33H. The van der Waals surface area contributed by atoms with Gasteiger partial charge in [0.1, 0.15) is 0 Å². The van der Waals surface area contributed by atoms with Crippen LogP contribution in [0.1, 0.15) is 27.8 Å². The molecule has 59 heavy (non-hydrogen) atoms. The monoisotopic (exact) mass is 755 g/mol. The minimum absolute atomic E-state index is 0.546. The van der Waals surface area contributed by atoms with Crippen molar-refractivity contribution in [2.75, 3.05) is 0 Å². The SMILES string of the molecule is N#Cc1cccc(-c2cccc(-c3cc(-c4ccccc4)nc(-c4ccc5c(c4)Oc4ccc6c(c4O5)-c4ccccc4C6(c4ccccc4)c4ccccc4)n3)c2)c1. The van der Waals surface area contributed by atoms with Gasteiger partial charge in [0.2, 0.25) is 0 Å². The number of aromatic nitrogens is 2. The molecule has 8 aromatic carbocycles. The molecule has 0 saturated heterocycles. The highest BCUT2D eigenvalue weighted by Gasteiger charge is 2.48. The fourth-order valence-corrected chi connectivity index (χ4v) is 8.81. The molecule has 11 rings (SSSR count). The van der Waals surface area contributed by atoms with Gasteiger partial charge in [-0.2, -0.15) is 5.26 Å². The largest absolute Gasteiger partial charge is 0.449 e. The highest BCUT2D eigenvalue weighted by atomic mass is 16.6. The molecule has 9 aromatic rings. The highest BCUT2D eigenvalue weighted by molar-refractivity contribution is 5.92. The topological polar surface area (TPSA) is 68.0 Å². The first-order valence-electron chi connectivity index (χ1n) is 19.6. The van der Waals surface area contributed by atoms with E-state index in [0.717, 1.165) is 55.9 Å². The molecule has 2 aliphatic rings. The Morgan fingerprint density at radius 2 is 1.03 bits per heavy atom. The third kappa shape index (κ3) is 5.61. The van der Waals surface area contributed by atoms with Gasteiger partial charge in [0, 0.05) is 22.3 Å². The van der Waals surface area contributed by atoms with E-state index in [1.165, 1.54) is 16.7 Å². The molecule has 0 atom stereocenters. The van der Waals surface area contributed by atoms with Gasteiger partial charge in [0.05, 0.1) is 28.4 Å². The maximum absolute atomic E-state index is 9.53. The van der Waals surface area contributed by atoms with Crippen LogP contribution in [0.2, 0.25) is 0 Å². The fourth-order valence-electron chi connectivity index (χ4n) is 8.81. The number of ether oxygens (including phenoxy) is 2. The molecule has 0 saturated carbocycles. The van der Waals surface area contributed by atoms with Gasteiger partial charge in [-0.1, -0.05) is 152 Å². The molecule has 0 amide bonds. The Morgan fingerprint density at radius 1 is 0.424 bits per heavy atom. The maximum atomic E-state index is 9.53. The molecule has 1 aromatic heterocycles. The second-order valence-electron chi connectivity index (χ2n) is 14.8. The second kappa shape index (κ2) is 13.8. The molecule has 2 heterocycles. The summed E-state index contributed by atoms with van der Waals surface area (Å²) >= 11 is 0. The first-order chi connectivity index (χ1) is 29.2. The van der Waals surface area contributed by atoms with Crippen LogP contribution in [0.3, 0.4) is 0 Å². The van der Waals surface area contributed by atoms with Gasteiger partial charge in [-0.3, -0.25) is 0 Å². The molecule has 0 fully saturated rings. The zero-order valence-corrected chi connectivity index (χ0v) is 31.7. The second-order valence-corrected chi connectivity index (χ2v) is 14.8. The van der Waals surface area contributed by atoms with E-state index in [1.54, 1.807) is 0 Å². The minimum atomic E-state index is -0.546. The Morgan fingerprint density at radius 3 is 1.78 bits per heavy atom. The van der Waals surface area contributed by atoms with Crippen LogP contribution in [0, 0.1) is 11.3 Å².